The molecule has 2 unspecified atom stereocenters. The number of carbonyl (C=O) groups excluding carboxylic acids is 2. The van der Waals surface area contributed by atoms with E-state index in [1.54, 1.807) is 0 Å². The van der Waals surface area contributed by atoms with Gasteiger partial charge in [0, 0.05) is 34.1 Å². The maximum absolute atomic E-state index is 14.1. The Morgan fingerprint density at radius 1 is 0.453 bits per heavy atom. The van der Waals surface area contributed by atoms with Crippen molar-refractivity contribution in [3.63, 3.8) is 0 Å². The molecule has 274 valence electrons. The maximum atomic E-state index is 14.1. The third kappa shape index (κ3) is 7.01. The van der Waals surface area contributed by atoms with Gasteiger partial charge in [0.05, 0.1) is 37.6 Å². The molecule has 53 heavy (non-hydrogen) atoms. The molecule has 3 heterocycles. The van der Waals surface area contributed by atoms with Gasteiger partial charge in [-0.15, -0.1) is 0 Å². The van der Waals surface area contributed by atoms with E-state index in [1.165, 1.54) is 0 Å². The van der Waals surface area contributed by atoms with Gasteiger partial charge < -0.3 is 28.4 Å². The van der Waals surface area contributed by atoms with Crippen molar-refractivity contribution in [1.29, 1.82) is 0 Å². The topological polar surface area (TPSA) is 89.5 Å². The third-order valence-electron chi connectivity index (χ3n) is 10.6. The predicted molar refractivity (Wildman–Crippen MR) is 199 cm³/mol. The second-order valence-corrected chi connectivity index (χ2v) is 13.6. The first kappa shape index (κ1) is 36.2. The van der Waals surface area contributed by atoms with Crippen molar-refractivity contribution in [2.75, 3.05) is 39.6 Å². The van der Waals surface area contributed by atoms with Crippen LogP contribution in [0.15, 0.2) is 144 Å². The lowest BCUT2D eigenvalue weighted by Gasteiger charge is -2.39. The lowest BCUT2D eigenvalue weighted by molar-refractivity contribution is -0.143. The summed E-state index contributed by atoms with van der Waals surface area (Å²) in [5.41, 5.74) is 2.77. The van der Waals surface area contributed by atoms with Crippen molar-refractivity contribution in [2.45, 2.75) is 44.3 Å². The van der Waals surface area contributed by atoms with Crippen molar-refractivity contribution in [1.82, 2.24) is 0 Å². The molecular formula is C45H46O8. The first-order chi connectivity index (χ1) is 26.0. The number of rotatable bonds is 4. The van der Waals surface area contributed by atoms with E-state index in [0.717, 1.165) is 22.3 Å². The van der Waals surface area contributed by atoms with Crippen LogP contribution in [-0.2, 0) is 49.2 Å². The van der Waals surface area contributed by atoms with E-state index < -0.39 is 35.0 Å². The predicted octanol–water partition coefficient (Wildman–Crippen LogP) is 8.02. The summed E-state index contributed by atoms with van der Waals surface area (Å²) >= 11 is 0. The fourth-order valence-corrected chi connectivity index (χ4v) is 8.41. The van der Waals surface area contributed by atoms with Gasteiger partial charge in [-0.3, -0.25) is 0 Å². The normalized spacial score (nSPS) is 22.5. The van der Waals surface area contributed by atoms with Crippen molar-refractivity contribution < 1.29 is 38.0 Å². The van der Waals surface area contributed by atoms with Crippen LogP contribution in [0, 0.1) is 11.8 Å². The molecule has 4 aromatic rings. The quantitative estimate of drug-likeness (QED) is 0.197. The molecule has 3 aliphatic heterocycles. The van der Waals surface area contributed by atoms with Crippen LogP contribution in [0.5, 0.6) is 0 Å². The molecular weight excluding hydrogens is 668 g/mol. The van der Waals surface area contributed by atoms with Crippen LogP contribution in [0.4, 0.5) is 0 Å². The van der Waals surface area contributed by atoms with Crippen LogP contribution in [0.2, 0.25) is 0 Å². The molecule has 8 heteroatoms. The lowest BCUT2D eigenvalue weighted by Crippen LogP contribution is -2.38. The second-order valence-electron chi connectivity index (χ2n) is 13.6. The number of esters is 2. The van der Waals surface area contributed by atoms with Gasteiger partial charge in [0.15, 0.2) is 11.2 Å². The Morgan fingerprint density at radius 2 is 0.755 bits per heavy atom. The molecule has 2 atom stereocenters. The number of hydrogen-bond acceptors (Lipinski definition) is 8. The largest absolute Gasteiger partial charge is 0.481 e. The molecule has 0 amide bonds. The number of allylic oxidation sites excluding steroid dienone is 2. The molecule has 0 spiro atoms. The summed E-state index contributed by atoms with van der Waals surface area (Å²) in [5.74, 6) is -0.624. The van der Waals surface area contributed by atoms with Gasteiger partial charge in [-0.1, -0.05) is 128 Å². The van der Waals surface area contributed by atoms with Gasteiger partial charge in [-0.25, -0.2) is 9.59 Å². The summed E-state index contributed by atoms with van der Waals surface area (Å²) in [4.78, 5) is 28.2. The van der Waals surface area contributed by atoms with Gasteiger partial charge in [-0.05, 0) is 26.7 Å². The molecule has 0 N–H and O–H groups in total. The Kier molecular flexibility index (Phi) is 11.1. The Labute approximate surface area is 311 Å². The van der Waals surface area contributed by atoms with E-state index >= 15 is 0 Å². The smallest absolute Gasteiger partial charge is 0.337 e. The summed E-state index contributed by atoms with van der Waals surface area (Å²) in [6, 6.07) is 40.3. The van der Waals surface area contributed by atoms with Gasteiger partial charge in [0.2, 0.25) is 0 Å². The van der Waals surface area contributed by atoms with Crippen LogP contribution >= 0.6 is 0 Å². The molecule has 3 aliphatic rings. The molecule has 0 aromatic heterocycles. The molecule has 4 aromatic carbocycles. The average Bonchev–Trinajstić information content (AvgIpc) is 3.67. The maximum Gasteiger partial charge on any atom is 0.337 e. The van der Waals surface area contributed by atoms with E-state index in [1.807, 2.05) is 86.6 Å². The van der Waals surface area contributed by atoms with Gasteiger partial charge in [0.1, 0.15) is 24.7 Å². The molecule has 1 fully saturated rings. The highest BCUT2D eigenvalue weighted by Gasteiger charge is 2.56. The first-order valence-electron chi connectivity index (χ1n) is 18.5. The summed E-state index contributed by atoms with van der Waals surface area (Å²) in [7, 11) is 0. The summed E-state index contributed by atoms with van der Waals surface area (Å²) in [6.07, 6.45) is 1.71. The van der Waals surface area contributed by atoms with Crippen molar-refractivity contribution >= 4 is 11.9 Å². The molecule has 0 aliphatic carbocycles. The molecule has 8 nitrogen and oxygen atoms in total. The number of hydrogen-bond donors (Lipinski definition) is 0. The standard InChI is InChI=1S/C45H46O8/c1-32-40-38(44(52-32,34-16-7-3-8-17-34)35-18-9-4-10-19-35)24-15-25-39-41(43(47)51-31-29-49-27-26-48-28-30-50-42(40)46)33(2)53-45(39,36-20-11-5-12-21-36)37-22-13-6-14-23-37/h3-14,16-23,38-39H,15,24-31H2,1-2H3. The summed E-state index contributed by atoms with van der Waals surface area (Å²) in [6.45, 7) is 4.94. The Morgan fingerprint density at radius 3 is 1.08 bits per heavy atom. The molecule has 0 saturated carbocycles. The second kappa shape index (κ2) is 16.2. The summed E-state index contributed by atoms with van der Waals surface area (Å²) < 4.78 is 37.0. The van der Waals surface area contributed by atoms with E-state index in [0.29, 0.717) is 55.1 Å². The van der Waals surface area contributed by atoms with E-state index in [9.17, 15) is 9.59 Å². The Hall–Kier alpha value is -5.18. The van der Waals surface area contributed by atoms with E-state index in [-0.39, 0.29) is 26.4 Å². The van der Waals surface area contributed by atoms with Crippen LogP contribution in [-0.4, -0.2) is 51.6 Å². The minimum atomic E-state index is -0.997. The van der Waals surface area contributed by atoms with Crippen molar-refractivity contribution in [3.05, 3.63) is 166 Å². The number of benzene rings is 4. The minimum absolute atomic E-state index is 0.0904. The van der Waals surface area contributed by atoms with Crippen molar-refractivity contribution in [3.8, 4) is 0 Å². The zero-order valence-corrected chi connectivity index (χ0v) is 30.3. The highest BCUT2D eigenvalue weighted by Crippen LogP contribution is 2.56. The minimum Gasteiger partial charge on any atom is -0.481 e. The van der Waals surface area contributed by atoms with Crippen LogP contribution < -0.4 is 0 Å². The number of cyclic esters (lactones) is 2. The zero-order valence-electron chi connectivity index (χ0n) is 30.3. The highest BCUT2D eigenvalue weighted by atomic mass is 16.6. The third-order valence-corrected chi connectivity index (χ3v) is 10.6. The molecule has 0 bridgehead atoms. The summed E-state index contributed by atoms with van der Waals surface area (Å²) in [5, 5.41) is 0. The van der Waals surface area contributed by atoms with Gasteiger partial charge in [0.25, 0.3) is 0 Å². The van der Waals surface area contributed by atoms with Crippen LogP contribution in [0.25, 0.3) is 0 Å². The first-order valence-corrected chi connectivity index (χ1v) is 18.5. The highest BCUT2D eigenvalue weighted by molar-refractivity contribution is 5.91. The van der Waals surface area contributed by atoms with E-state index in [4.69, 9.17) is 28.4 Å². The fourth-order valence-electron chi connectivity index (χ4n) is 8.41. The molecule has 0 radical (unpaired) electrons. The Bertz CT molecular complexity index is 1700. The zero-order chi connectivity index (χ0) is 36.7. The van der Waals surface area contributed by atoms with Gasteiger partial charge in [-0.2, -0.15) is 0 Å². The number of carbonyl (C=O) groups is 2. The Balaban J connectivity index is 1.33. The lowest BCUT2D eigenvalue weighted by atomic mass is 9.69. The monoisotopic (exact) mass is 714 g/mol. The SMILES string of the molecule is CC1=C2C(=O)OCCOCCOCCOC(=O)C3=C(C)OC(c4ccccc4)(c4ccccc4)C3CCCC2C(c2ccccc2)(c2ccccc2)O1. The van der Waals surface area contributed by atoms with E-state index in [2.05, 4.69) is 48.5 Å². The van der Waals surface area contributed by atoms with Crippen LogP contribution in [0.3, 0.4) is 0 Å². The average molecular weight is 715 g/mol. The fraction of sp³-hybridized carbons (Fsp3) is 0.333. The molecule has 7 rings (SSSR count). The van der Waals surface area contributed by atoms with Crippen LogP contribution in [0.1, 0.15) is 55.4 Å². The molecule has 1 saturated heterocycles. The van der Waals surface area contributed by atoms with Gasteiger partial charge >= 0.3 is 11.9 Å². The van der Waals surface area contributed by atoms with Crippen molar-refractivity contribution in [2.24, 2.45) is 11.8 Å². The number of fused-ring (bicyclic) bond motifs is 2. The number of ether oxygens (including phenoxy) is 6.